The van der Waals surface area contributed by atoms with Gasteiger partial charge in [0.2, 0.25) is 0 Å². The standard InChI is InChI=1S/C26H33N7OS/c1-26(2,3)33-14-12-32(13-15-33)24-17-23(28-22-10-11-27-31-22)29-25(30-24)35-20-8-4-18(5-9-20)16-21(34)19-6-7-19/h4-5,8-11,17,19H,6-7,12-16H2,1-3H3,(H2,27,28,29,30,31). The molecule has 2 fully saturated rings. The third kappa shape index (κ3) is 6.21. The Morgan fingerprint density at radius 3 is 2.46 bits per heavy atom. The second-order valence-electron chi connectivity index (χ2n) is 10.3. The highest BCUT2D eigenvalue weighted by atomic mass is 32.2. The molecular formula is C26H33N7OS. The van der Waals surface area contributed by atoms with Crippen molar-refractivity contribution in [3.63, 3.8) is 0 Å². The quantitative estimate of drug-likeness (QED) is 0.444. The maximum atomic E-state index is 12.1. The minimum absolute atomic E-state index is 0.168. The Balaban J connectivity index is 1.33. The molecule has 2 aliphatic rings. The number of hydrogen-bond donors (Lipinski definition) is 2. The number of nitrogens with one attached hydrogen (secondary N) is 2. The summed E-state index contributed by atoms with van der Waals surface area (Å²) in [4.78, 5) is 27.7. The van der Waals surface area contributed by atoms with Crippen LogP contribution in [0.15, 0.2) is 52.6 Å². The first-order valence-electron chi connectivity index (χ1n) is 12.3. The molecule has 3 heterocycles. The van der Waals surface area contributed by atoms with Crippen LogP contribution in [0.1, 0.15) is 39.2 Å². The van der Waals surface area contributed by atoms with Gasteiger partial charge in [0.25, 0.3) is 0 Å². The third-order valence-corrected chi connectivity index (χ3v) is 7.42. The summed E-state index contributed by atoms with van der Waals surface area (Å²) in [6.07, 6.45) is 4.35. The van der Waals surface area contributed by atoms with Crippen LogP contribution in [0.4, 0.5) is 17.5 Å². The van der Waals surface area contributed by atoms with Gasteiger partial charge in [-0.1, -0.05) is 12.1 Å². The van der Waals surface area contributed by atoms with E-state index in [0.717, 1.165) is 66.9 Å². The van der Waals surface area contributed by atoms with Crippen molar-refractivity contribution in [2.75, 3.05) is 36.4 Å². The fraction of sp³-hybridized carbons (Fsp3) is 0.462. The second kappa shape index (κ2) is 9.99. The monoisotopic (exact) mass is 491 g/mol. The van der Waals surface area contributed by atoms with E-state index in [4.69, 9.17) is 9.97 Å². The number of nitrogens with zero attached hydrogens (tertiary/aromatic N) is 5. The largest absolute Gasteiger partial charge is 0.354 e. The molecule has 1 saturated heterocycles. The molecule has 1 aliphatic carbocycles. The molecule has 0 radical (unpaired) electrons. The van der Waals surface area contributed by atoms with Crippen LogP contribution in [-0.2, 0) is 11.2 Å². The lowest BCUT2D eigenvalue weighted by Crippen LogP contribution is -2.53. The smallest absolute Gasteiger partial charge is 0.196 e. The molecule has 1 aliphatic heterocycles. The van der Waals surface area contributed by atoms with Crippen molar-refractivity contribution >= 4 is 35.0 Å². The van der Waals surface area contributed by atoms with Gasteiger partial charge in [-0.25, -0.2) is 9.97 Å². The van der Waals surface area contributed by atoms with Crippen LogP contribution < -0.4 is 10.2 Å². The predicted octanol–water partition coefficient (Wildman–Crippen LogP) is 4.54. The molecule has 0 amide bonds. The van der Waals surface area contributed by atoms with Gasteiger partial charge in [-0.3, -0.25) is 14.8 Å². The number of benzene rings is 1. The van der Waals surface area contributed by atoms with E-state index in [-0.39, 0.29) is 5.54 Å². The van der Waals surface area contributed by atoms with Gasteiger partial charge >= 0.3 is 0 Å². The Labute approximate surface area is 210 Å². The van der Waals surface area contributed by atoms with Gasteiger partial charge < -0.3 is 10.2 Å². The van der Waals surface area contributed by atoms with Crippen LogP contribution in [0.5, 0.6) is 0 Å². The Morgan fingerprint density at radius 1 is 1.09 bits per heavy atom. The summed E-state index contributed by atoms with van der Waals surface area (Å²) in [6, 6.07) is 12.1. The Hall–Kier alpha value is -2.91. The third-order valence-electron chi connectivity index (χ3n) is 6.55. The van der Waals surface area contributed by atoms with Gasteiger partial charge in [0.05, 0.1) is 6.20 Å². The molecule has 1 saturated carbocycles. The first kappa shape index (κ1) is 23.8. The first-order chi connectivity index (χ1) is 16.8. The molecule has 0 atom stereocenters. The summed E-state index contributed by atoms with van der Waals surface area (Å²) < 4.78 is 0. The molecule has 2 N–H and O–H groups in total. The second-order valence-corrected chi connectivity index (χ2v) is 11.3. The number of hydrogen-bond acceptors (Lipinski definition) is 8. The zero-order valence-electron chi connectivity index (χ0n) is 20.6. The van der Waals surface area contributed by atoms with E-state index >= 15 is 0 Å². The summed E-state index contributed by atoms with van der Waals surface area (Å²) >= 11 is 1.53. The van der Waals surface area contributed by atoms with Crippen molar-refractivity contribution in [2.24, 2.45) is 5.92 Å². The molecule has 0 unspecified atom stereocenters. The SMILES string of the molecule is CC(C)(C)N1CCN(c2cc(Nc3ccn[nH]3)nc(Sc3ccc(CC(=O)C4CC4)cc3)n2)CC1. The molecule has 9 heteroatoms. The molecule has 35 heavy (non-hydrogen) atoms. The number of piperazine rings is 1. The number of rotatable bonds is 8. The summed E-state index contributed by atoms with van der Waals surface area (Å²) in [6.45, 7) is 10.6. The minimum Gasteiger partial charge on any atom is -0.354 e. The number of anilines is 3. The molecule has 1 aromatic carbocycles. The lowest BCUT2D eigenvalue weighted by Gasteiger charge is -2.42. The fourth-order valence-corrected chi connectivity index (χ4v) is 5.05. The molecule has 0 spiro atoms. The van der Waals surface area contributed by atoms with E-state index in [1.54, 1.807) is 6.20 Å². The first-order valence-corrected chi connectivity index (χ1v) is 13.1. The van der Waals surface area contributed by atoms with Crippen molar-refractivity contribution in [3.8, 4) is 0 Å². The van der Waals surface area contributed by atoms with Crippen LogP contribution in [0.2, 0.25) is 0 Å². The van der Waals surface area contributed by atoms with Crippen LogP contribution in [0.25, 0.3) is 0 Å². The highest BCUT2D eigenvalue weighted by molar-refractivity contribution is 7.99. The molecule has 184 valence electrons. The van der Waals surface area contributed by atoms with E-state index in [0.29, 0.717) is 23.3 Å². The lowest BCUT2D eigenvalue weighted by molar-refractivity contribution is -0.119. The van der Waals surface area contributed by atoms with Crippen LogP contribution in [-0.4, -0.2) is 62.6 Å². The molecule has 5 rings (SSSR count). The van der Waals surface area contributed by atoms with Crippen molar-refractivity contribution < 1.29 is 4.79 Å². The fourth-order valence-electron chi connectivity index (χ4n) is 4.29. The van der Waals surface area contributed by atoms with Crippen molar-refractivity contribution in [1.29, 1.82) is 0 Å². The Morgan fingerprint density at radius 2 is 1.83 bits per heavy atom. The van der Waals surface area contributed by atoms with Crippen molar-refractivity contribution in [1.82, 2.24) is 25.1 Å². The van der Waals surface area contributed by atoms with E-state index < -0.39 is 0 Å². The Kier molecular flexibility index (Phi) is 6.80. The van der Waals surface area contributed by atoms with Crippen LogP contribution >= 0.6 is 11.8 Å². The van der Waals surface area contributed by atoms with Gasteiger partial charge in [-0.2, -0.15) is 5.10 Å². The van der Waals surface area contributed by atoms with Gasteiger partial charge in [-0.15, -0.1) is 0 Å². The van der Waals surface area contributed by atoms with Crippen LogP contribution in [0, 0.1) is 5.92 Å². The number of aromatic amines is 1. The topological polar surface area (TPSA) is 90.0 Å². The normalized spacial score (nSPS) is 16.9. The lowest BCUT2D eigenvalue weighted by atomic mass is 10.1. The maximum absolute atomic E-state index is 12.1. The van der Waals surface area contributed by atoms with Gasteiger partial charge in [0, 0.05) is 61.1 Å². The predicted molar refractivity (Wildman–Crippen MR) is 139 cm³/mol. The highest BCUT2D eigenvalue weighted by Gasteiger charge is 2.29. The highest BCUT2D eigenvalue weighted by Crippen LogP contribution is 2.32. The zero-order chi connectivity index (χ0) is 24.4. The Bertz CT molecular complexity index is 1150. The molecule has 0 bridgehead atoms. The number of H-pyrrole nitrogens is 1. The molecule has 3 aromatic rings. The average Bonchev–Trinajstić information content (AvgIpc) is 3.57. The van der Waals surface area contributed by atoms with Crippen LogP contribution in [0.3, 0.4) is 0 Å². The maximum Gasteiger partial charge on any atom is 0.196 e. The number of carbonyl (C=O) groups is 1. The van der Waals surface area contributed by atoms with E-state index in [1.807, 2.05) is 24.3 Å². The van der Waals surface area contributed by atoms with Crippen molar-refractivity contribution in [3.05, 3.63) is 48.2 Å². The number of carbonyl (C=O) groups excluding carboxylic acids is 1. The summed E-state index contributed by atoms with van der Waals surface area (Å²) in [5.74, 6) is 3.10. The number of Topliss-reactive ketones (excluding diaryl/α,β-unsaturated/α-hetero) is 1. The minimum atomic E-state index is 0.168. The van der Waals surface area contributed by atoms with E-state index in [1.165, 1.54) is 11.8 Å². The molecule has 2 aromatic heterocycles. The van der Waals surface area contributed by atoms with E-state index in [2.05, 4.69) is 58.2 Å². The molecular weight excluding hydrogens is 458 g/mol. The number of aromatic nitrogens is 4. The number of ketones is 1. The average molecular weight is 492 g/mol. The van der Waals surface area contributed by atoms with Gasteiger partial charge in [0.1, 0.15) is 23.2 Å². The van der Waals surface area contributed by atoms with Gasteiger partial charge in [-0.05, 0) is 63.1 Å². The van der Waals surface area contributed by atoms with Gasteiger partial charge in [0.15, 0.2) is 5.16 Å². The summed E-state index contributed by atoms with van der Waals surface area (Å²) in [5, 5.41) is 11.0. The zero-order valence-corrected chi connectivity index (χ0v) is 21.4. The summed E-state index contributed by atoms with van der Waals surface area (Å²) in [5.41, 5.74) is 1.24. The molecule has 8 nitrogen and oxygen atoms in total. The van der Waals surface area contributed by atoms with E-state index in [9.17, 15) is 4.79 Å². The summed E-state index contributed by atoms with van der Waals surface area (Å²) in [7, 11) is 0. The van der Waals surface area contributed by atoms with Crippen molar-refractivity contribution in [2.45, 2.75) is 55.6 Å².